The van der Waals surface area contributed by atoms with Crippen LogP contribution in [-0.4, -0.2) is 38.7 Å². The first-order chi connectivity index (χ1) is 9.13. The van der Waals surface area contributed by atoms with Gasteiger partial charge in [0.15, 0.2) is 0 Å². The maximum Gasteiger partial charge on any atom is 0.123 e. The summed E-state index contributed by atoms with van der Waals surface area (Å²) in [7, 11) is 3.89. The van der Waals surface area contributed by atoms with E-state index < -0.39 is 0 Å². The van der Waals surface area contributed by atoms with Gasteiger partial charge in [-0.1, -0.05) is 32.0 Å². The van der Waals surface area contributed by atoms with Crippen molar-refractivity contribution >= 4 is 0 Å². The molecule has 0 saturated heterocycles. The Bertz CT molecular complexity index is 352. The fourth-order valence-electron chi connectivity index (χ4n) is 2.07. The monoisotopic (exact) mass is 264 g/mol. The van der Waals surface area contributed by atoms with Crippen LogP contribution >= 0.6 is 0 Å². The third-order valence-electron chi connectivity index (χ3n) is 3.08. The lowest BCUT2D eigenvalue weighted by Gasteiger charge is -2.18. The molecular weight excluding hydrogens is 236 g/mol. The van der Waals surface area contributed by atoms with Gasteiger partial charge in [0.2, 0.25) is 0 Å². The van der Waals surface area contributed by atoms with E-state index in [0.29, 0.717) is 0 Å². The van der Waals surface area contributed by atoms with Gasteiger partial charge in [0.05, 0.1) is 7.11 Å². The zero-order valence-electron chi connectivity index (χ0n) is 12.8. The molecule has 0 bridgehead atoms. The molecule has 0 aromatic heterocycles. The number of para-hydroxylation sites is 1. The van der Waals surface area contributed by atoms with Crippen molar-refractivity contribution < 1.29 is 4.74 Å². The predicted molar refractivity (Wildman–Crippen MR) is 81.7 cm³/mol. The molecule has 0 unspecified atom stereocenters. The Hall–Kier alpha value is -1.06. The Labute approximate surface area is 118 Å². The van der Waals surface area contributed by atoms with E-state index in [9.17, 15) is 0 Å². The van der Waals surface area contributed by atoms with Gasteiger partial charge in [-0.2, -0.15) is 0 Å². The quantitative estimate of drug-likeness (QED) is 0.694. The maximum absolute atomic E-state index is 5.38. The predicted octanol–water partition coefficient (Wildman–Crippen LogP) is 2.76. The lowest BCUT2D eigenvalue weighted by atomic mass is 10.2. The van der Waals surface area contributed by atoms with Crippen LogP contribution in [0.15, 0.2) is 24.3 Å². The number of hydrogen-bond acceptors (Lipinski definition) is 3. The summed E-state index contributed by atoms with van der Waals surface area (Å²) in [6.45, 7) is 8.71. The van der Waals surface area contributed by atoms with Crippen molar-refractivity contribution in [2.75, 3.05) is 33.8 Å². The van der Waals surface area contributed by atoms with Crippen molar-refractivity contribution in [3.8, 4) is 5.75 Å². The van der Waals surface area contributed by atoms with Gasteiger partial charge in [0.1, 0.15) is 5.75 Å². The molecule has 0 heterocycles. The second-order valence-electron chi connectivity index (χ2n) is 5.50. The second kappa shape index (κ2) is 8.94. The lowest BCUT2D eigenvalue weighted by molar-refractivity contribution is 0.310. The summed E-state index contributed by atoms with van der Waals surface area (Å²) in [4.78, 5) is 2.34. The number of methoxy groups -OCH3 is 1. The Kier molecular flexibility index (Phi) is 7.53. The summed E-state index contributed by atoms with van der Waals surface area (Å²) in [5.74, 6) is 1.71. The van der Waals surface area contributed by atoms with Gasteiger partial charge in [-0.3, -0.25) is 0 Å². The number of rotatable bonds is 9. The number of benzene rings is 1. The minimum atomic E-state index is 0.728. The Morgan fingerprint density at radius 2 is 2.00 bits per heavy atom. The topological polar surface area (TPSA) is 24.5 Å². The molecule has 1 N–H and O–H groups in total. The molecule has 3 heteroatoms. The van der Waals surface area contributed by atoms with Gasteiger partial charge in [0.25, 0.3) is 0 Å². The van der Waals surface area contributed by atoms with Crippen LogP contribution in [0.2, 0.25) is 0 Å². The molecule has 1 aromatic carbocycles. The molecule has 0 aliphatic rings. The highest BCUT2D eigenvalue weighted by Crippen LogP contribution is 2.18. The number of ether oxygens (including phenoxy) is 1. The molecule has 0 saturated carbocycles. The molecular formula is C16H28N2O. The van der Waals surface area contributed by atoms with E-state index in [1.165, 1.54) is 12.0 Å². The summed E-state index contributed by atoms with van der Waals surface area (Å²) in [6, 6.07) is 8.23. The third kappa shape index (κ3) is 6.60. The van der Waals surface area contributed by atoms with E-state index in [2.05, 4.69) is 43.2 Å². The molecule has 1 rings (SSSR count). The van der Waals surface area contributed by atoms with Crippen LogP contribution in [0.1, 0.15) is 25.8 Å². The summed E-state index contributed by atoms with van der Waals surface area (Å²) < 4.78 is 5.38. The van der Waals surface area contributed by atoms with E-state index in [-0.39, 0.29) is 0 Å². The number of nitrogens with zero attached hydrogens (tertiary/aromatic N) is 1. The van der Waals surface area contributed by atoms with E-state index in [0.717, 1.165) is 37.8 Å². The van der Waals surface area contributed by atoms with Crippen molar-refractivity contribution in [1.29, 1.82) is 0 Å². The van der Waals surface area contributed by atoms with Crippen molar-refractivity contribution in [3.05, 3.63) is 29.8 Å². The smallest absolute Gasteiger partial charge is 0.123 e. The first kappa shape index (κ1) is 16.0. The Balaban J connectivity index is 2.25. The molecule has 0 atom stereocenters. The van der Waals surface area contributed by atoms with Gasteiger partial charge in [-0.15, -0.1) is 0 Å². The first-order valence-corrected chi connectivity index (χ1v) is 7.14. The van der Waals surface area contributed by atoms with Crippen molar-refractivity contribution in [1.82, 2.24) is 10.2 Å². The normalized spacial score (nSPS) is 11.3. The van der Waals surface area contributed by atoms with E-state index in [1.807, 2.05) is 12.1 Å². The van der Waals surface area contributed by atoms with Gasteiger partial charge in [-0.05, 0) is 45.1 Å². The van der Waals surface area contributed by atoms with Crippen LogP contribution in [0.3, 0.4) is 0 Å². The average Bonchev–Trinajstić information content (AvgIpc) is 2.38. The van der Waals surface area contributed by atoms with Gasteiger partial charge >= 0.3 is 0 Å². The molecule has 0 radical (unpaired) electrons. The Morgan fingerprint density at radius 1 is 1.26 bits per heavy atom. The zero-order chi connectivity index (χ0) is 14.1. The highest BCUT2D eigenvalue weighted by Gasteiger charge is 2.05. The highest BCUT2D eigenvalue weighted by molar-refractivity contribution is 5.32. The summed E-state index contributed by atoms with van der Waals surface area (Å²) >= 11 is 0. The van der Waals surface area contributed by atoms with Crippen molar-refractivity contribution in [2.24, 2.45) is 5.92 Å². The van der Waals surface area contributed by atoms with Crippen LogP contribution in [0.5, 0.6) is 5.75 Å². The van der Waals surface area contributed by atoms with Crippen molar-refractivity contribution in [2.45, 2.75) is 26.8 Å². The summed E-state index contributed by atoms with van der Waals surface area (Å²) in [5.41, 5.74) is 1.25. The molecule has 0 aliphatic carbocycles. The molecule has 108 valence electrons. The third-order valence-corrected chi connectivity index (χ3v) is 3.08. The fourth-order valence-corrected chi connectivity index (χ4v) is 2.07. The maximum atomic E-state index is 5.38. The second-order valence-corrected chi connectivity index (χ2v) is 5.50. The minimum Gasteiger partial charge on any atom is -0.496 e. The fraction of sp³-hybridized carbons (Fsp3) is 0.625. The van der Waals surface area contributed by atoms with Crippen LogP contribution in [0.4, 0.5) is 0 Å². The molecule has 0 amide bonds. The highest BCUT2D eigenvalue weighted by atomic mass is 16.5. The largest absolute Gasteiger partial charge is 0.496 e. The van der Waals surface area contributed by atoms with E-state index in [4.69, 9.17) is 4.74 Å². The van der Waals surface area contributed by atoms with E-state index in [1.54, 1.807) is 7.11 Å². The summed E-state index contributed by atoms with van der Waals surface area (Å²) in [5, 5.41) is 3.48. The molecule has 19 heavy (non-hydrogen) atoms. The van der Waals surface area contributed by atoms with Gasteiger partial charge < -0.3 is 15.0 Å². The van der Waals surface area contributed by atoms with Crippen molar-refractivity contribution in [3.63, 3.8) is 0 Å². The standard InChI is InChI=1S/C16H28N2O/c1-14(2)12-17-10-7-11-18(3)13-15-8-5-6-9-16(15)19-4/h5-6,8-9,14,17H,7,10-13H2,1-4H3. The zero-order valence-corrected chi connectivity index (χ0v) is 12.8. The molecule has 0 fully saturated rings. The molecule has 1 aromatic rings. The number of hydrogen-bond donors (Lipinski definition) is 1. The average molecular weight is 264 g/mol. The summed E-state index contributed by atoms with van der Waals surface area (Å²) in [6.07, 6.45) is 1.18. The first-order valence-electron chi connectivity index (χ1n) is 7.14. The minimum absolute atomic E-state index is 0.728. The van der Waals surface area contributed by atoms with Crippen LogP contribution in [0, 0.1) is 5.92 Å². The molecule has 0 aliphatic heterocycles. The van der Waals surface area contributed by atoms with Crippen LogP contribution < -0.4 is 10.1 Å². The lowest BCUT2D eigenvalue weighted by Crippen LogP contribution is -2.26. The van der Waals surface area contributed by atoms with Gasteiger partial charge in [-0.25, -0.2) is 0 Å². The van der Waals surface area contributed by atoms with Crippen LogP contribution in [-0.2, 0) is 6.54 Å². The number of nitrogens with one attached hydrogen (secondary N) is 1. The van der Waals surface area contributed by atoms with Crippen LogP contribution in [0.25, 0.3) is 0 Å². The Morgan fingerprint density at radius 3 is 2.68 bits per heavy atom. The SMILES string of the molecule is COc1ccccc1CN(C)CCCNCC(C)C. The van der Waals surface area contributed by atoms with E-state index >= 15 is 0 Å². The molecule has 3 nitrogen and oxygen atoms in total. The molecule has 0 spiro atoms. The van der Waals surface area contributed by atoms with Gasteiger partial charge in [0, 0.05) is 12.1 Å².